The smallest absolute Gasteiger partial charge is 0.307 e. The Bertz CT molecular complexity index is 769. The highest BCUT2D eigenvalue weighted by molar-refractivity contribution is 8.01. The van der Waals surface area contributed by atoms with Crippen LogP contribution in [0.25, 0.3) is 0 Å². The molecule has 3 N–H and O–H groups in total. The van der Waals surface area contributed by atoms with Gasteiger partial charge in [-0.1, -0.05) is 12.1 Å². The Kier molecular flexibility index (Phi) is 6.00. The fraction of sp³-hybridized carbons (Fsp3) is 0.444. The van der Waals surface area contributed by atoms with Gasteiger partial charge < -0.3 is 20.7 Å². The number of piperidine rings is 1. The molecular weight excluding hydrogens is 370 g/mol. The van der Waals surface area contributed by atoms with Crippen molar-refractivity contribution in [1.82, 2.24) is 4.90 Å². The number of hydrogen-bond donors (Lipinski definition) is 2. The summed E-state index contributed by atoms with van der Waals surface area (Å²) in [6, 6.07) is 6.68. The summed E-state index contributed by atoms with van der Waals surface area (Å²) in [5.74, 6) is -1.91. The standard InChI is InChI=1S/C18H21N3O5S/c19-17(24)12-6-3-4-8-21(12)15(22)10-26-16(23)9-14-18(25)20-11-5-1-2-7-13(11)27-14/h1-2,5,7,12,14H,3-4,6,8-10H2,(H2,19,24)(H,20,25)/t12-,14-/m0/s1. The van der Waals surface area contributed by atoms with E-state index in [2.05, 4.69) is 5.32 Å². The number of para-hydroxylation sites is 1. The number of nitrogens with one attached hydrogen (secondary N) is 1. The average molecular weight is 391 g/mol. The highest BCUT2D eigenvalue weighted by Gasteiger charge is 2.32. The SMILES string of the molecule is NC(=O)[C@@H]1CCCCN1C(=O)COC(=O)C[C@@H]1Sc2ccccc2NC1=O. The molecule has 2 aliphatic rings. The monoisotopic (exact) mass is 391 g/mol. The van der Waals surface area contributed by atoms with Crippen molar-refractivity contribution < 1.29 is 23.9 Å². The minimum atomic E-state index is -0.652. The van der Waals surface area contributed by atoms with Gasteiger partial charge >= 0.3 is 5.97 Å². The zero-order valence-electron chi connectivity index (χ0n) is 14.7. The molecule has 1 aromatic carbocycles. The number of rotatable bonds is 5. The van der Waals surface area contributed by atoms with Crippen LogP contribution in [-0.2, 0) is 23.9 Å². The molecule has 2 heterocycles. The number of amides is 3. The number of carbonyl (C=O) groups is 4. The Morgan fingerprint density at radius 1 is 1.26 bits per heavy atom. The number of anilines is 1. The molecule has 2 atom stereocenters. The maximum absolute atomic E-state index is 12.3. The van der Waals surface area contributed by atoms with Crippen LogP contribution in [0.1, 0.15) is 25.7 Å². The zero-order chi connectivity index (χ0) is 19.4. The van der Waals surface area contributed by atoms with E-state index in [0.717, 1.165) is 23.4 Å². The second-order valence-corrected chi connectivity index (χ2v) is 7.70. The molecule has 3 amide bonds. The van der Waals surface area contributed by atoms with E-state index < -0.39 is 35.7 Å². The highest BCUT2D eigenvalue weighted by atomic mass is 32.2. The normalized spacial score (nSPS) is 21.8. The first-order valence-electron chi connectivity index (χ1n) is 8.76. The van der Waals surface area contributed by atoms with Gasteiger partial charge in [0.15, 0.2) is 6.61 Å². The molecule has 1 saturated heterocycles. The third kappa shape index (κ3) is 4.60. The summed E-state index contributed by atoms with van der Waals surface area (Å²) in [6.45, 7) is -0.0418. The van der Waals surface area contributed by atoms with E-state index >= 15 is 0 Å². The lowest BCUT2D eigenvalue weighted by molar-refractivity contribution is -0.155. The highest BCUT2D eigenvalue weighted by Crippen LogP contribution is 2.36. The van der Waals surface area contributed by atoms with E-state index in [1.807, 2.05) is 18.2 Å². The number of carbonyl (C=O) groups excluding carboxylic acids is 4. The molecule has 2 aliphatic heterocycles. The van der Waals surface area contributed by atoms with Gasteiger partial charge in [-0.2, -0.15) is 0 Å². The van der Waals surface area contributed by atoms with Crippen molar-refractivity contribution in [3.05, 3.63) is 24.3 Å². The van der Waals surface area contributed by atoms with Crippen molar-refractivity contribution in [2.75, 3.05) is 18.5 Å². The molecule has 9 heteroatoms. The second-order valence-electron chi connectivity index (χ2n) is 6.46. The van der Waals surface area contributed by atoms with Gasteiger partial charge in [-0.15, -0.1) is 11.8 Å². The van der Waals surface area contributed by atoms with E-state index in [1.165, 1.54) is 16.7 Å². The van der Waals surface area contributed by atoms with Crippen LogP contribution in [0.4, 0.5) is 5.69 Å². The first-order valence-corrected chi connectivity index (χ1v) is 9.64. The van der Waals surface area contributed by atoms with E-state index in [-0.39, 0.29) is 12.3 Å². The van der Waals surface area contributed by atoms with Gasteiger partial charge in [-0.05, 0) is 31.4 Å². The van der Waals surface area contributed by atoms with Crippen LogP contribution in [-0.4, -0.2) is 53.0 Å². The molecule has 144 valence electrons. The van der Waals surface area contributed by atoms with Crippen molar-refractivity contribution in [1.29, 1.82) is 0 Å². The van der Waals surface area contributed by atoms with Gasteiger partial charge in [0.2, 0.25) is 11.8 Å². The first kappa shape index (κ1) is 19.2. The summed E-state index contributed by atoms with van der Waals surface area (Å²) in [4.78, 5) is 50.2. The topological polar surface area (TPSA) is 119 Å². The lowest BCUT2D eigenvalue weighted by Gasteiger charge is -2.33. The van der Waals surface area contributed by atoms with E-state index in [4.69, 9.17) is 10.5 Å². The summed E-state index contributed by atoms with van der Waals surface area (Å²) < 4.78 is 5.05. The molecule has 0 aromatic heterocycles. The predicted octanol–water partition coefficient (Wildman–Crippen LogP) is 0.899. The molecule has 0 spiro atoms. The number of fused-ring (bicyclic) bond motifs is 1. The summed E-state index contributed by atoms with van der Waals surface area (Å²) in [5, 5.41) is 2.14. The zero-order valence-corrected chi connectivity index (χ0v) is 15.5. The number of thioether (sulfide) groups is 1. The summed E-state index contributed by atoms with van der Waals surface area (Å²) >= 11 is 1.29. The lowest BCUT2D eigenvalue weighted by atomic mass is 10.0. The second kappa shape index (κ2) is 8.43. The number of ether oxygens (including phenoxy) is 1. The van der Waals surface area contributed by atoms with Crippen molar-refractivity contribution in [3.63, 3.8) is 0 Å². The lowest BCUT2D eigenvalue weighted by Crippen LogP contribution is -2.51. The molecule has 1 fully saturated rings. The summed E-state index contributed by atoms with van der Waals surface area (Å²) in [6.07, 6.45) is 1.99. The first-order chi connectivity index (χ1) is 13.0. The largest absolute Gasteiger partial charge is 0.456 e. The molecular formula is C18H21N3O5S. The van der Waals surface area contributed by atoms with E-state index in [9.17, 15) is 19.2 Å². The Hall–Kier alpha value is -2.55. The molecule has 0 unspecified atom stereocenters. The van der Waals surface area contributed by atoms with Crippen LogP contribution in [0.3, 0.4) is 0 Å². The van der Waals surface area contributed by atoms with Crippen molar-refractivity contribution in [2.24, 2.45) is 5.73 Å². The number of nitrogens with two attached hydrogens (primary N) is 1. The Labute approximate surface area is 160 Å². The molecule has 8 nitrogen and oxygen atoms in total. The number of benzene rings is 1. The maximum Gasteiger partial charge on any atom is 0.307 e. The van der Waals surface area contributed by atoms with Crippen LogP contribution >= 0.6 is 11.8 Å². The minimum absolute atomic E-state index is 0.142. The summed E-state index contributed by atoms with van der Waals surface area (Å²) in [5.41, 5.74) is 6.06. The van der Waals surface area contributed by atoms with Crippen LogP contribution in [0.2, 0.25) is 0 Å². The molecule has 0 radical (unpaired) electrons. The van der Waals surface area contributed by atoms with Crippen molar-refractivity contribution in [3.8, 4) is 0 Å². The van der Waals surface area contributed by atoms with Crippen LogP contribution in [0.15, 0.2) is 29.2 Å². The van der Waals surface area contributed by atoms with Crippen LogP contribution in [0.5, 0.6) is 0 Å². The Balaban J connectivity index is 1.51. The van der Waals surface area contributed by atoms with Crippen LogP contribution in [0, 0.1) is 0 Å². The predicted molar refractivity (Wildman–Crippen MR) is 98.8 cm³/mol. The minimum Gasteiger partial charge on any atom is -0.456 e. The third-order valence-corrected chi connectivity index (χ3v) is 5.84. The number of primary amides is 1. The van der Waals surface area contributed by atoms with Gasteiger partial charge in [-0.3, -0.25) is 19.2 Å². The number of likely N-dealkylation sites (tertiary alicyclic amines) is 1. The van der Waals surface area contributed by atoms with Crippen molar-refractivity contribution >= 4 is 41.1 Å². The van der Waals surface area contributed by atoms with Crippen LogP contribution < -0.4 is 11.1 Å². The third-order valence-electron chi connectivity index (χ3n) is 4.57. The van der Waals surface area contributed by atoms with E-state index in [0.29, 0.717) is 13.0 Å². The van der Waals surface area contributed by atoms with Crippen molar-refractivity contribution in [2.45, 2.75) is 41.9 Å². The Morgan fingerprint density at radius 2 is 2.04 bits per heavy atom. The number of esters is 1. The average Bonchev–Trinajstić information content (AvgIpc) is 2.66. The Morgan fingerprint density at radius 3 is 2.81 bits per heavy atom. The van der Waals surface area contributed by atoms with Gasteiger partial charge in [0.1, 0.15) is 6.04 Å². The summed E-state index contributed by atoms with van der Waals surface area (Å²) in [7, 11) is 0. The number of hydrogen-bond acceptors (Lipinski definition) is 6. The maximum atomic E-state index is 12.3. The van der Waals surface area contributed by atoms with Gasteiger partial charge in [0.25, 0.3) is 5.91 Å². The molecule has 0 saturated carbocycles. The molecule has 0 bridgehead atoms. The fourth-order valence-corrected chi connectivity index (χ4v) is 4.28. The molecule has 3 rings (SSSR count). The molecule has 0 aliphatic carbocycles. The van der Waals surface area contributed by atoms with Gasteiger partial charge in [-0.25, -0.2) is 0 Å². The van der Waals surface area contributed by atoms with E-state index in [1.54, 1.807) is 6.07 Å². The fourth-order valence-electron chi connectivity index (χ4n) is 3.19. The molecule has 27 heavy (non-hydrogen) atoms. The van der Waals surface area contributed by atoms with Gasteiger partial charge in [0.05, 0.1) is 17.4 Å². The number of nitrogens with zero attached hydrogens (tertiary/aromatic N) is 1. The quantitative estimate of drug-likeness (QED) is 0.720. The van der Waals surface area contributed by atoms with Gasteiger partial charge in [0, 0.05) is 11.4 Å². The molecule has 1 aromatic rings.